The summed E-state index contributed by atoms with van der Waals surface area (Å²) in [6.07, 6.45) is 2.32. The Morgan fingerprint density at radius 2 is 2.26 bits per heavy atom. The van der Waals surface area contributed by atoms with Gasteiger partial charge >= 0.3 is 0 Å². The van der Waals surface area contributed by atoms with Crippen LogP contribution in [0.4, 0.5) is 0 Å². The van der Waals surface area contributed by atoms with Crippen LogP contribution in [0.5, 0.6) is 0 Å². The van der Waals surface area contributed by atoms with Crippen LogP contribution in [0, 0.1) is 0 Å². The van der Waals surface area contributed by atoms with E-state index in [1.165, 1.54) is 0 Å². The van der Waals surface area contributed by atoms with Crippen LogP contribution < -0.4 is 0 Å². The van der Waals surface area contributed by atoms with Crippen molar-refractivity contribution in [2.75, 3.05) is 26.2 Å². The fourth-order valence-corrected chi connectivity index (χ4v) is 2.71. The molecule has 1 N–H and O–H groups in total. The molecule has 2 heterocycles. The van der Waals surface area contributed by atoms with Gasteiger partial charge in [0.05, 0.1) is 12.7 Å². The molecule has 1 aromatic rings. The lowest BCUT2D eigenvalue weighted by atomic mass is 9.82. The summed E-state index contributed by atoms with van der Waals surface area (Å²) in [5.74, 6) is 1.53. The van der Waals surface area contributed by atoms with Crippen molar-refractivity contribution in [3.8, 4) is 0 Å². The van der Waals surface area contributed by atoms with Gasteiger partial charge in [-0.05, 0) is 25.8 Å². The van der Waals surface area contributed by atoms with Crippen molar-refractivity contribution in [2.45, 2.75) is 44.3 Å². The monoisotopic (exact) mass is 267 g/mol. The second-order valence-electron chi connectivity index (χ2n) is 5.47. The van der Waals surface area contributed by atoms with E-state index in [1.54, 1.807) is 0 Å². The molecule has 1 unspecified atom stereocenters. The molecule has 0 spiro atoms. The van der Waals surface area contributed by atoms with E-state index >= 15 is 0 Å². The molecule has 6 nitrogen and oxygen atoms in total. The quantitative estimate of drug-likeness (QED) is 0.880. The molecule has 1 aliphatic heterocycles. The Hall–Kier alpha value is -0.980. The van der Waals surface area contributed by atoms with Crippen molar-refractivity contribution in [1.29, 1.82) is 0 Å². The number of nitrogens with zero attached hydrogens (tertiary/aromatic N) is 3. The van der Waals surface area contributed by atoms with Crippen molar-refractivity contribution >= 4 is 0 Å². The van der Waals surface area contributed by atoms with E-state index in [2.05, 4.69) is 22.0 Å². The largest absolute Gasteiger partial charge is 0.393 e. The van der Waals surface area contributed by atoms with E-state index in [9.17, 15) is 5.11 Å². The zero-order chi connectivity index (χ0) is 13.2. The van der Waals surface area contributed by atoms with Gasteiger partial charge in [-0.2, -0.15) is 4.98 Å². The number of rotatable bonds is 4. The normalized spacial score (nSPS) is 32.2. The van der Waals surface area contributed by atoms with Gasteiger partial charge < -0.3 is 14.4 Å². The minimum atomic E-state index is -0.202. The Morgan fingerprint density at radius 3 is 3.00 bits per heavy atom. The summed E-state index contributed by atoms with van der Waals surface area (Å²) in [6, 6.07) is 0. The number of ether oxygens (including phenoxy) is 1. The molecule has 1 saturated carbocycles. The van der Waals surface area contributed by atoms with Gasteiger partial charge in [0, 0.05) is 19.0 Å². The summed E-state index contributed by atoms with van der Waals surface area (Å²) < 4.78 is 11.0. The van der Waals surface area contributed by atoms with E-state index < -0.39 is 0 Å². The Balaban J connectivity index is 1.62. The molecule has 0 radical (unpaired) electrons. The molecule has 3 rings (SSSR count). The molecule has 1 atom stereocenters. The standard InChI is InChI=1S/C13H21N3O3/c1-2-3-16-4-5-18-11(8-16)12-14-13(19-15-12)9-6-10(17)7-9/h9-11,17H,2-8H2,1H3. The van der Waals surface area contributed by atoms with Gasteiger partial charge in [0.2, 0.25) is 11.7 Å². The summed E-state index contributed by atoms with van der Waals surface area (Å²) in [4.78, 5) is 6.82. The number of hydrogen-bond donors (Lipinski definition) is 1. The molecule has 0 amide bonds. The van der Waals surface area contributed by atoms with E-state index in [0.717, 1.165) is 45.5 Å². The number of morpholine rings is 1. The first-order valence-electron chi connectivity index (χ1n) is 7.11. The van der Waals surface area contributed by atoms with Gasteiger partial charge in [-0.15, -0.1) is 0 Å². The SMILES string of the molecule is CCCN1CCOC(c2noc(C3CC(O)C3)n2)C1. The summed E-state index contributed by atoms with van der Waals surface area (Å²) >= 11 is 0. The second-order valence-corrected chi connectivity index (χ2v) is 5.47. The molecule has 1 saturated heterocycles. The minimum Gasteiger partial charge on any atom is -0.393 e. The molecule has 0 bridgehead atoms. The highest BCUT2D eigenvalue weighted by molar-refractivity contribution is 5.03. The Morgan fingerprint density at radius 1 is 1.42 bits per heavy atom. The van der Waals surface area contributed by atoms with Gasteiger partial charge in [-0.1, -0.05) is 12.1 Å². The van der Waals surface area contributed by atoms with Crippen molar-refractivity contribution < 1.29 is 14.4 Å². The molecule has 1 aromatic heterocycles. The summed E-state index contributed by atoms with van der Waals surface area (Å²) in [7, 11) is 0. The van der Waals surface area contributed by atoms with Crippen molar-refractivity contribution in [2.24, 2.45) is 0 Å². The fourth-order valence-electron chi connectivity index (χ4n) is 2.71. The van der Waals surface area contributed by atoms with E-state index in [1.807, 2.05) is 0 Å². The minimum absolute atomic E-state index is 0.0807. The molecular formula is C13H21N3O3. The third-order valence-corrected chi connectivity index (χ3v) is 3.90. The van der Waals surface area contributed by atoms with Crippen LogP contribution in [0.2, 0.25) is 0 Å². The smallest absolute Gasteiger partial charge is 0.230 e. The Labute approximate surface area is 112 Å². The first kappa shape index (κ1) is 13.0. The van der Waals surface area contributed by atoms with Gasteiger partial charge in [0.25, 0.3) is 0 Å². The maximum Gasteiger partial charge on any atom is 0.230 e. The third-order valence-electron chi connectivity index (χ3n) is 3.90. The van der Waals surface area contributed by atoms with Crippen LogP contribution in [-0.4, -0.2) is 52.5 Å². The molecule has 2 aliphatic rings. The van der Waals surface area contributed by atoms with Crippen molar-refractivity contribution in [3.05, 3.63) is 11.7 Å². The Kier molecular flexibility index (Phi) is 3.81. The van der Waals surface area contributed by atoms with Crippen molar-refractivity contribution in [3.63, 3.8) is 0 Å². The summed E-state index contributed by atoms with van der Waals surface area (Å²) in [5, 5.41) is 13.4. The van der Waals surface area contributed by atoms with E-state index in [-0.39, 0.29) is 18.1 Å². The molecule has 6 heteroatoms. The van der Waals surface area contributed by atoms with Crippen LogP contribution in [0.25, 0.3) is 0 Å². The lowest BCUT2D eigenvalue weighted by molar-refractivity contribution is -0.0350. The Bertz CT molecular complexity index is 415. The molecule has 19 heavy (non-hydrogen) atoms. The first-order chi connectivity index (χ1) is 9.26. The van der Waals surface area contributed by atoms with E-state index in [4.69, 9.17) is 9.26 Å². The molecule has 1 aliphatic carbocycles. The van der Waals surface area contributed by atoms with Crippen LogP contribution in [0.1, 0.15) is 49.9 Å². The second kappa shape index (κ2) is 5.56. The molecule has 0 aromatic carbocycles. The fraction of sp³-hybridized carbons (Fsp3) is 0.846. The van der Waals surface area contributed by atoms with Gasteiger partial charge in [0.1, 0.15) is 6.10 Å². The average Bonchev–Trinajstić information content (AvgIpc) is 2.85. The third kappa shape index (κ3) is 2.80. The maximum atomic E-state index is 9.31. The maximum absolute atomic E-state index is 9.31. The highest BCUT2D eigenvalue weighted by atomic mass is 16.5. The van der Waals surface area contributed by atoms with Crippen LogP contribution in [-0.2, 0) is 4.74 Å². The average molecular weight is 267 g/mol. The topological polar surface area (TPSA) is 71.6 Å². The predicted octanol–water partition coefficient (Wildman–Crippen LogP) is 1.09. The van der Waals surface area contributed by atoms with Crippen LogP contribution in [0.3, 0.4) is 0 Å². The predicted molar refractivity (Wildman–Crippen MR) is 67.7 cm³/mol. The molecule has 2 fully saturated rings. The highest BCUT2D eigenvalue weighted by Gasteiger charge is 2.34. The lowest BCUT2D eigenvalue weighted by Crippen LogP contribution is -2.39. The molecular weight excluding hydrogens is 246 g/mol. The zero-order valence-corrected chi connectivity index (χ0v) is 11.3. The number of aliphatic hydroxyl groups is 1. The van der Waals surface area contributed by atoms with Crippen LogP contribution in [0.15, 0.2) is 4.52 Å². The van der Waals surface area contributed by atoms with Gasteiger partial charge in [-0.25, -0.2) is 0 Å². The van der Waals surface area contributed by atoms with Gasteiger partial charge in [-0.3, -0.25) is 4.90 Å². The van der Waals surface area contributed by atoms with E-state index in [0.29, 0.717) is 11.7 Å². The van der Waals surface area contributed by atoms with Gasteiger partial charge in [0.15, 0.2) is 0 Å². The number of aromatic nitrogens is 2. The zero-order valence-electron chi connectivity index (χ0n) is 11.3. The summed E-state index contributed by atoms with van der Waals surface area (Å²) in [6.45, 7) is 5.79. The number of hydrogen-bond acceptors (Lipinski definition) is 6. The first-order valence-corrected chi connectivity index (χ1v) is 7.11. The lowest BCUT2D eigenvalue weighted by Gasteiger charge is -2.31. The van der Waals surface area contributed by atoms with Crippen molar-refractivity contribution in [1.82, 2.24) is 15.0 Å². The highest BCUT2D eigenvalue weighted by Crippen LogP contribution is 2.36. The summed E-state index contributed by atoms with van der Waals surface area (Å²) in [5.41, 5.74) is 0. The number of aliphatic hydroxyl groups excluding tert-OH is 1. The molecule has 106 valence electrons. The van der Waals surface area contributed by atoms with Crippen LogP contribution >= 0.6 is 0 Å².